The van der Waals surface area contributed by atoms with E-state index < -0.39 is 10.0 Å². The molecule has 8 nitrogen and oxygen atoms in total. The van der Waals surface area contributed by atoms with Gasteiger partial charge in [0.2, 0.25) is 11.7 Å². The quantitative estimate of drug-likeness (QED) is 0.319. The van der Waals surface area contributed by atoms with Crippen LogP contribution in [0, 0.1) is 5.21 Å². The number of fused-ring (bicyclic) bond motifs is 1. The Balaban J connectivity index is 1.80. The third-order valence-electron chi connectivity index (χ3n) is 3.36. The molecule has 1 N–H and O–H groups in total. The third kappa shape index (κ3) is 3.66. The molecule has 1 heterocycles. The number of hydrogen-bond acceptors (Lipinski definition) is 6. The number of para-hydroxylation sites is 2. The zero-order valence-corrected chi connectivity index (χ0v) is 14.0. The lowest BCUT2D eigenvalue weighted by molar-refractivity contribution is -0.577. The molecule has 1 aromatic heterocycles. The molecule has 0 bridgehead atoms. The van der Waals surface area contributed by atoms with Crippen LogP contribution in [0.15, 0.2) is 64.7 Å². The zero-order chi connectivity index (χ0) is 17.9. The Hall–Kier alpha value is -3.20. The third-order valence-corrected chi connectivity index (χ3v) is 4.60. The lowest BCUT2D eigenvalue weighted by Crippen LogP contribution is -2.28. The molecule has 0 aliphatic carbocycles. The molecule has 0 spiro atoms. The first-order valence-corrected chi connectivity index (χ1v) is 8.66. The zero-order valence-electron chi connectivity index (χ0n) is 13.2. The minimum atomic E-state index is -3.82. The van der Waals surface area contributed by atoms with E-state index in [-0.39, 0.29) is 10.6 Å². The van der Waals surface area contributed by atoms with E-state index in [1.165, 1.54) is 43.8 Å². The fourth-order valence-corrected chi connectivity index (χ4v) is 2.93. The number of rotatable bonds is 5. The van der Waals surface area contributed by atoms with Crippen molar-refractivity contribution in [3.8, 4) is 5.75 Å². The fraction of sp³-hybridized carbons (Fsp3) is 0.0625. The highest BCUT2D eigenvalue weighted by atomic mass is 32.2. The van der Waals surface area contributed by atoms with Gasteiger partial charge in [-0.05, 0) is 30.3 Å². The Labute approximate surface area is 144 Å². The van der Waals surface area contributed by atoms with Crippen molar-refractivity contribution in [1.82, 2.24) is 9.82 Å². The average molecular weight is 358 g/mol. The van der Waals surface area contributed by atoms with Gasteiger partial charge >= 0.3 is 0 Å². The molecule has 0 fully saturated rings. The SMILES string of the molecule is COc1ccc(S(=O)(=O)NN=Cc2c[n+]([O-])c3ccccc3n2)cc1. The predicted molar refractivity (Wildman–Crippen MR) is 91.6 cm³/mol. The molecule has 3 rings (SSSR count). The van der Waals surface area contributed by atoms with Gasteiger partial charge in [0.1, 0.15) is 17.0 Å². The number of nitrogens with zero attached hydrogens (tertiary/aromatic N) is 3. The highest BCUT2D eigenvalue weighted by Crippen LogP contribution is 2.15. The summed E-state index contributed by atoms with van der Waals surface area (Å²) in [6.07, 6.45) is 2.38. The molecule has 0 aliphatic heterocycles. The standard InChI is InChI=1S/C16H14N4O4S/c1-24-13-6-8-14(9-7-13)25(22,23)19-17-10-12-11-20(21)16-5-3-2-4-15(16)18-12/h2-11,19H,1H3. The van der Waals surface area contributed by atoms with Gasteiger partial charge in [-0.1, -0.05) is 12.1 Å². The van der Waals surface area contributed by atoms with Crippen molar-refractivity contribution in [3.63, 3.8) is 0 Å². The van der Waals surface area contributed by atoms with Crippen molar-refractivity contribution in [2.75, 3.05) is 7.11 Å². The maximum Gasteiger partial charge on any atom is 0.276 e. The summed E-state index contributed by atoms with van der Waals surface area (Å²) < 4.78 is 29.9. The summed E-state index contributed by atoms with van der Waals surface area (Å²) in [6, 6.07) is 12.7. The fourth-order valence-electron chi connectivity index (χ4n) is 2.13. The Kier molecular flexibility index (Phi) is 4.48. The molecule has 0 radical (unpaired) electrons. The maximum absolute atomic E-state index is 12.1. The van der Waals surface area contributed by atoms with Crippen molar-refractivity contribution in [1.29, 1.82) is 0 Å². The minimum Gasteiger partial charge on any atom is -0.618 e. The number of nitrogens with one attached hydrogen (secondary N) is 1. The molecular weight excluding hydrogens is 344 g/mol. The topological polar surface area (TPSA) is 108 Å². The normalized spacial score (nSPS) is 11.7. The van der Waals surface area contributed by atoms with E-state index in [1.54, 1.807) is 24.3 Å². The van der Waals surface area contributed by atoms with Crippen molar-refractivity contribution in [2.45, 2.75) is 4.90 Å². The second-order valence-corrected chi connectivity index (χ2v) is 6.67. The second kappa shape index (κ2) is 6.73. The van der Waals surface area contributed by atoms with E-state index in [4.69, 9.17) is 4.74 Å². The molecule has 9 heteroatoms. The molecule has 0 atom stereocenters. The summed E-state index contributed by atoms with van der Waals surface area (Å²) in [5.74, 6) is 0.544. The first-order valence-electron chi connectivity index (χ1n) is 7.17. The number of hydrogen-bond donors (Lipinski definition) is 1. The highest BCUT2D eigenvalue weighted by molar-refractivity contribution is 7.89. The van der Waals surface area contributed by atoms with Gasteiger partial charge in [-0.3, -0.25) is 0 Å². The highest BCUT2D eigenvalue weighted by Gasteiger charge is 2.13. The van der Waals surface area contributed by atoms with Crippen LogP contribution >= 0.6 is 0 Å². The number of sulfonamides is 1. The summed E-state index contributed by atoms with van der Waals surface area (Å²) in [5.41, 5.74) is 1.13. The van der Waals surface area contributed by atoms with E-state index >= 15 is 0 Å². The van der Waals surface area contributed by atoms with Gasteiger partial charge in [0.25, 0.3) is 10.0 Å². The molecule has 0 unspecified atom stereocenters. The number of benzene rings is 2. The summed E-state index contributed by atoms with van der Waals surface area (Å²) in [6.45, 7) is 0. The van der Waals surface area contributed by atoms with E-state index in [9.17, 15) is 13.6 Å². The monoisotopic (exact) mass is 358 g/mol. The maximum atomic E-state index is 12.1. The van der Waals surface area contributed by atoms with Gasteiger partial charge in [-0.2, -0.15) is 23.1 Å². The first-order chi connectivity index (χ1) is 12.0. The summed E-state index contributed by atoms with van der Waals surface area (Å²) in [5, 5.41) is 15.6. The van der Waals surface area contributed by atoms with Crippen LogP contribution in [0.5, 0.6) is 5.75 Å². The van der Waals surface area contributed by atoms with Gasteiger partial charge in [0, 0.05) is 6.07 Å². The minimum absolute atomic E-state index is 0.0378. The van der Waals surface area contributed by atoms with Crippen LogP contribution in [0.4, 0.5) is 0 Å². The summed E-state index contributed by atoms with van der Waals surface area (Å²) in [4.78, 5) is 6.35. The number of methoxy groups -OCH3 is 1. The molecule has 3 aromatic rings. The molecule has 0 aliphatic rings. The van der Waals surface area contributed by atoms with Crippen LogP contribution in [0.1, 0.15) is 5.69 Å². The Morgan fingerprint density at radius 1 is 1.20 bits per heavy atom. The molecule has 2 aromatic carbocycles. The van der Waals surface area contributed by atoms with Gasteiger partial charge in [0.15, 0.2) is 0 Å². The second-order valence-electron chi connectivity index (χ2n) is 5.01. The smallest absolute Gasteiger partial charge is 0.276 e. The number of ether oxygens (including phenoxy) is 1. The van der Waals surface area contributed by atoms with Crippen molar-refractivity contribution >= 4 is 27.3 Å². The van der Waals surface area contributed by atoms with Crippen molar-refractivity contribution < 1.29 is 17.9 Å². The van der Waals surface area contributed by atoms with E-state index in [0.717, 1.165) is 0 Å². The van der Waals surface area contributed by atoms with Gasteiger partial charge < -0.3 is 9.94 Å². The number of hydrazone groups is 1. The van der Waals surface area contributed by atoms with Crippen LogP contribution in [0.3, 0.4) is 0 Å². The molecule has 25 heavy (non-hydrogen) atoms. The predicted octanol–water partition coefficient (Wildman–Crippen LogP) is 1.19. The van der Waals surface area contributed by atoms with Crippen molar-refractivity contribution in [3.05, 3.63) is 65.6 Å². The molecule has 0 saturated carbocycles. The summed E-state index contributed by atoms with van der Waals surface area (Å²) >= 11 is 0. The van der Waals surface area contributed by atoms with Crippen LogP contribution in [0.25, 0.3) is 11.0 Å². The van der Waals surface area contributed by atoms with E-state index in [1.807, 2.05) is 0 Å². The average Bonchev–Trinajstić information content (AvgIpc) is 2.62. The Morgan fingerprint density at radius 3 is 2.64 bits per heavy atom. The lowest BCUT2D eigenvalue weighted by Gasteiger charge is -2.05. The summed E-state index contributed by atoms with van der Waals surface area (Å²) in [7, 11) is -2.33. The van der Waals surface area contributed by atoms with E-state index in [2.05, 4.69) is 14.9 Å². The van der Waals surface area contributed by atoms with Crippen molar-refractivity contribution in [2.24, 2.45) is 5.10 Å². The molecular formula is C16H14N4O4S. The first kappa shape index (κ1) is 16.7. The van der Waals surface area contributed by atoms with Gasteiger partial charge in [-0.15, -0.1) is 0 Å². The van der Waals surface area contributed by atoms with Crippen LogP contribution < -0.4 is 14.3 Å². The van der Waals surface area contributed by atoms with Crippen LogP contribution in [-0.2, 0) is 10.0 Å². The Bertz CT molecular complexity index is 1030. The molecule has 128 valence electrons. The lowest BCUT2D eigenvalue weighted by atomic mass is 10.3. The molecule has 0 saturated heterocycles. The van der Waals surface area contributed by atoms with Gasteiger partial charge in [0.05, 0.1) is 18.2 Å². The van der Waals surface area contributed by atoms with E-state index in [0.29, 0.717) is 21.5 Å². The van der Waals surface area contributed by atoms with Crippen LogP contribution in [0.2, 0.25) is 0 Å². The molecule has 0 amide bonds. The van der Waals surface area contributed by atoms with Gasteiger partial charge in [-0.25, -0.2) is 4.98 Å². The Morgan fingerprint density at radius 2 is 1.92 bits per heavy atom. The van der Waals surface area contributed by atoms with Crippen LogP contribution in [-0.4, -0.2) is 26.7 Å². The largest absolute Gasteiger partial charge is 0.618 e. The number of aromatic nitrogens is 2.